The van der Waals surface area contributed by atoms with Gasteiger partial charge in [-0.3, -0.25) is 9.36 Å². The second kappa shape index (κ2) is 5.57. The van der Waals surface area contributed by atoms with E-state index in [1.54, 1.807) is 0 Å². The van der Waals surface area contributed by atoms with Crippen LogP contribution in [0.1, 0.15) is 24.6 Å². The maximum absolute atomic E-state index is 10.8. The van der Waals surface area contributed by atoms with Crippen LogP contribution in [-0.4, -0.2) is 31.6 Å². The van der Waals surface area contributed by atoms with Gasteiger partial charge in [-0.1, -0.05) is 23.9 Å². The van der Waals surface area contributed by atoms with Crippen molar-refractivity contribution in [2.24, 2.45) is 0 Å². The van der Waals surface area contributed by atoms with Crippen molar-refractivity contribution in [3.05, 3.63) is 34.6 Å². The van der Waals surface area contributed by atoms with E-state index in [1.165, 1.54) is 11.8 Å². The summed E-state index contributed by atoms with van der Waals surface area (Å²) in [5.41, 5.74) is 0.951. The van der Waals surface area contributed by atoms with E-state index < -0.39 is 5.97 Å². The maximum atomic E-state index is 10.8. The van der Waals surface area contributed by atoms with E-state index in [9.17, 15) is 4.79 Å². The lowest BCUT2D eigenvalue weighted by Crippen LogP contribution is -2.05. The van der Waals surface area contributed by atoms with Gasteiger partial charge in [0.25, 0.3) is 0 Å². The van der Waals surface area contributed by atoms with Gasteiger partial charge in [-0.2, -0.15) is 0 Å². The number of aliphatic carboxylic acids is 1. The van der Waals surface area contributed by atoms with Crippen LogP contribution in [0.5, 0.6) is 0 Å². The van der Waals surface area contributed by atoms with Gasteiger partial charge in [0.2, 0.25) is 0 Å². The molecule has 0 amide bonds. The number of carbonyl (C=O) groups is 1. The highest BCUT2D eigenvalue weighted by Crippen LogP contribution is 2.41. The average molecular weight is 354 g/mol. The Morgan fingerprint density at radius 2 is 2.15 bits per heavy atom. The first-order chi connectivity index (χ1) is 9.66. The van der Waals surface area contributed by atoms with E-state index in [0.717, 1.165) is 28.8 Å². The van der Waals surface area contributed by atoms with Crippen LogP contribution in [0.25, 0.3) is 5.69 Å². The van der Waals surface area contributed by atoms with E-state index in [0.29, 0.717) is 11.1 Å². The second-order valence-electron chi connectivity index (χ2n) is 4.58. The first-order valence-corrected chi connectivity index (χ1v) is 7.99. The zero-order valence-corrected chi connectivity index (χ0v) is 12.9. The predicted molar refractivity (Wildman–Crippen MR) is 79.4 cm³/mol. The molecule has 20 heavy (non-hydrogen) atoms. The Bertz CT molecular complexity index is 655. The third-order valence-corrected chi connectivity index (χ3v) is 4.60. The zero-order valence-electron chi connectivity index (χ0n) is 10.5. The van der Waals surface area contributed by atoms with Gasteiger partial charge in [-0.25, -0.2) is 0 Å². The molecule has 0 unspecified atom stereocenters. The van der Waals surface area contributed by atoms with Gasteiger partial charge in [-0.05, 0) is 40.9 Å². The fourth-order valence-corrected chi connectivity index (χ4v) is 3.10. The topological polar surface area (TPSA) is 68.0 Å². The van der Waals surface area contributed by atoms with Gasteiger partial charge in [0.1, 0.15) is 5.82 Å². The van der Waals surface area contributed by atoms with Crippen LogP contribution in [0, 0.1) is 0 Å². The number of nitrogens with zero attached hydrogens (tertiary/aromatic N) is 3. The molecule has 2 aromatic rings. The normalized spacial score (nSPS) is 14.4. The lowest BCUT2D eigenvalue weighted by Gasteiger charge is -2.11. The zero-order chi connectivity index (χ0) is 14.1. The number of thioether (sulfide) groups is 1. The first kappa shape index (κ1) is 13.6. The largest absolute Gasteiger partial charge is 0.481 e. The van der Waals surface area contributed by atoms with Crippen LogP contribution in [0.2, 0.25) is 0 Å². The molecule has 0 radical (unpaired) electrons. The number of halogens is 1. The fourth-order valence-electron chi connectivity index (χ4n) is 1.97. The summed E-state index contributed by atoms with van der Waals surface area (Å²) in [6.45, 7) is 0. The molecule has 7 heteroatoms. The molecule has 1 fully saturated rings. The fraction of sp³-hybridized carbons (Fsp3) is 0.308. The molecule has 1 heterocycles. The van der Waals surface area contributed by atoms with Crippen molar-refractivity contribution in [3.8, 4) is 5.69 Å². The van der Waals surface area contributed by atoms with Crippen LogP contribution >= 0.6 is 27.7 Å². The van der Waals surface area contributed by atoms with Gasteiger partial charge in [0, 0.05) is 10.4 Å². The quantitative estimate of drug-likeness (QED) is 0.836. The average Bonchev–Trinajstić information content (AvgIpc) is 3.18. The van der Waals surface area contributed by atoms with E-state index in [2.05, 4.69) is 26.1 Å². The van der Waals surface area contributed by atoms with E-state index in [-0.39, 0.29) is 5.75 Å². The van der Waals surface area contributed by atoms with E-state index in [1.807, 2.05) is 28.8 Å². The molecule has 104 valence electrons. The smallest absolute Gasteiger partial charge is 0.313 e. The lowest BCUT2D eigenvalue weighted by molar-refractivity contribution is -0.133. The highest BCUT2D eigenvalue weighted by molar-refractivity contribution is 9.10. The Kier molecular flexibility index (Phi) is 3.80. The molecule has 0 saturated heterocycles. The van der Waals surface area contributed by atoms with Crippen LogP contribution in [0.3, 0.4) is 0 Å². The van der Waals surface area contributed by atoms with Gasteiger partial charge < -0.3 is 5.11 Å². The third-order valence-electron chi connectivity index (χ3n) is 3.02. The molecule has 3 rings (SSSR count). The molecule has 1 aromatic carbocycles. The monoisotopic (exact) mass is 353 g/mol. The SMILES string of the molecule is O=C(O)CSc1nnc(C2CC2)n1-c1ccccc1Br. The number of hydrogen-bond acceptors (Lipinski definition) is 4. The number of hydrogen-bond donors (Lipinski definition) is 1. The van der Waals surface area contributed by atoms with Crippen LogP contribution in [-0.2, 0) is 4.79 Å². The van der Waals surface area contributed by atoms with Crippen LogP contribution in [0.4, 0.5) is 0 Å². The molecule has 1 saturated carbocycles. The Morgan fingerprint density at radius 3 is 2.80 bits per heavy atom. The number of aromatic nitrogens is 3. The van der Waals surface area contributed by atoms with E-state index >= 15 is 0 Å². The van der Waals surface area contributed by atoms with Crippen molar-refractivity contribution in [2.45, 2.75) is 23.9 Å². The summed E-state index contributed by atoms with van der Waals surface area (Å²) in [6.07, 6.45) is 2.23. The second-order valence-corrected chi connectivity index (χ2v) is 6.38. The Morgan fingerprint density at radius 1 is 1.40 bits per heavy atom. The van der Waals surface area contributed by atoms with E-state index in [4.69, 9.17) is 5.11 Å². The minimum atomic E-state index is -0.857. The van der Waals surface area contributed by atoms with Gasteiger partial charge in [0.05, 0.1) is 11.4 Å². The minimum absolute atomic E-state index is 0.0206. The minimum Gasteiger partial charge on any atom is -0.481 e. The molecular weight excluding hydrogens is 342 g/mol. The first-order valence-electron chi connectivity index (χ1n) is 6.21. The van der Waals surface area contributed by atoms with Crippen molar-refractivity contribution in [3.63, 3.8) is 0 Å². The Hall–Kier alpha value is -1.34. The summed E-state index contributed by atoms with van der Waals surface area (Å²) in [4.78, 5) is 10.8. The maximum Gasteiger partial charge on any atom is 0.313 e. The lowest BCUT2D eigenvalue weighted by atomic mass is 10.3. The molecule has 0 aliphatic heterocycles. The third kappa shape index (κ3) is 2.73. The summed E-state index contributed by atoms with van der Waals surface area (Å²) in [6, 6.07) is 7.82. The van der Waals surface area contributed by atoms with Gasteiger partial charge in [0.15, 0.2) is 5.16 Å². The van der Waals surface area contributed by atoms with Crippen molar-refractivity contribution in [1.29, 1.82) is 0 Å². The number of rotatable bonds is 5. The predicted octanol–water partition coefficient (Wildman–Crippen LogP) is 3.08. The summed E-state index contributed by atoms with van der Waals surface area (Å²) in [5.74, 6) is 0.482. The highest BCUT2D eigenvalue weighted by Gasteiger charge is 2.31. The summed E-state index contributed by atoms with van der Waals surface area (Å²) < 4.78 is 2.91. The molecule has 0 spiro atoms. The Balaban J connectivity index is 2.03. The number of carboxylic acids is 1. The number of para-hydroxylation sites is 1. The number of carboxylic acid groups (broad SMARTS) is 1. The molecule has 1 aromatic heterocycles. The molecular formula is C13H12BrN3O2S. The van der Waals surface area contributed by atoms with Crippen LogP contribution in [0.15, 0.2) is 33.9 Å². The molecule has 0 atom stereocenters. The summed E-state index contributed by atoms with van der Waals surface area (Å²) in [7, 11) is 0. The summed E-state index contributed by atoms with van der Waals surface area (Å²) >= 11 is 4.73. The summed E-state index contributed by atoms with van der Waals surface area (Å²) in [5, 5.41) is 17.9. The molecule has 0 bridgehead atoms. The number of benzene rings is 1. The van der Waals surface area contributed by atoms with Crippen molar-refractivity contribution < 1.29 is 9.90 Å². The van der Waals surface area contributed by atoms with Gasteiger partial charge >= 0.3 is 5.97 Å². The van der Waals surface area contributed by atoms with Gasteiger partial charge in [-0.15, -0.1) is 10.2 Å². The van der Waals surface area contributed by atoms with Crippen LogP contribution < -0.4 is 0 Å². The molecule has 5 nitrogen and oxygen atoms in total. The molecule has 1 aliphatic carbocycles. The van der Waals surface area contributed by atoms with Crippen molar-refractivity contribution in [1.82, 2.24) is 14.8 Å². The standard InChI is InChI=1S/C13H12BrN3O2S/c14-9-3-1-2-4-10(9)17-12(8-5-6-8)15-16-13(17)20-7-11(18)19/h1-4,8H,5-7H2,(H,18,19). The van der Waals surface area contributed by atoms with Crippen molar-refractivity contribution >= 4 is 33.7 Å². The molecule has 1 aliphatic rings. The molecule has 1 N–H and O–H groups in total. The van der Waals surface area contributed by atoms with Crippen molar-refractivity contribution in [2.75, 3.05) is 5.75 Å². The highest BCUT2D eigenvalue weighted by atomic mass is 79.9. The Labute approximate surface area is 128 Å².